The van der Waals surface area contributed by atoms with Crippen LogP contribution in [0.4, 0.5) is 11.6 Å². The largest absolute Gasteiger partial charge is 0.338 e. The molecule has 0 unspecified atom stereocenters. The highest BCUT2D eigenvalue weighted by Gasteiger charge is 2.20. The van der Waals surface area contributed by atoms with E-state index < -0.39 is 0 Å². The quantitative estimate of drug-likeness (QED) is 0.920. The van der Waals surface area contributed by atoms with Crippen molar-refractivity contribution < 1.29 is 4.79 Å². The van der Waals surface area contributed by atoms with E-state index in [9.17, 15) is 4.79 Å². The van der Waals surface area contributed by atoms with Gasteiger partial charge in [-0.3, -0.25) is 9.69 Å². The highest BCUT2D eigenvalue weighted by Crippen LogP contribution is 2.20. The molecule has 0 aliphatic carbocycles. The summed E-state index contributed by atoms with van der Waals surface area (Å²) in [5, 5.41) is 3.56. The number of nitrogens with zero attached hydrogens (tertiary/aromatic N) is 4. The number of halogens is 1. The number of anilines is 2. The number of benzene rings is 1. The maximum absolute atomic E-state index is 12.3. The molecular weight excluding hydrogens is 326 g/mol. The molecule has 0 radical (unpaired) electrons. The summed E-state index contributed by atoms with van der Waals surface area (Å²) in [6.45, 7) is 5.56. The summed E-state index contributed by atoms with van der Waals surface area (Å²) in [5.41, 5.74) is 1.77. The summed E-state index contributed by atoms with van der Waals surface area (Å²) in [6.07, 6.45) is 3.49. The van der Waals surface area contributed by atoms with Crippen LogP contribution in [0.1, 0.15) is 5.56 Å². The van der Waals surface area contributed by atoms with Gasteiger partial charge in [0.05, 0.1) is 6.54 Å². The molecule has 0 spiro atoms. The van der Waals surface area contributed by atoms with E-state index in [4.69, 9.17) is 11.6 Å². The summed E-state index contributed by atoms with van der Waals surface area (Å²) in [5.74, 6) is 0.723. The average Bonchev–Trinajstić information content (AvgIpc) is 2.59. The predicted molar refractivity (Wildman–Crippen MR) is 95.5 cm³/mol. The summed E-state index contributed by atoms with van der Waals surface area (Å²) < 4.78 is 0. The van der Waals surface area contributed by atoms with Gasteiger partial charge >= 0.3 is 0 Å². The van der Waals surface area contributed by atoms with E-state index in [2.05, 4.69) is 25.1 Å². The standard InChI is InChI=1S/C17H20ClN5O/c1-13-3-4-14(18)11-15(13)21-16(24)12-22-7-9-23(10-8-22)17-19-5-2-6-20-17/h2-6,11H,7-10,12H2,1H3,(H,21,24). The van der Waals surface area contributed by atoms with E-state index in [1.165, 1.54) is 0 Å². The molecule has 126 valence electrons. The van der Waals surface area contributed by atoms with Crippen LogP contribution in [0.25, 0.3) is 0 Å². The number of carbonyl (C=O) groups excluding carboxylic acids is 1. The van der Waals surface area contributed by atoms with Gasteiger partial charge < -0.3 is 10.2 Å². The fraction of sp³-hybridized carbons (Fsp3) is 0.353. The van der Waals surface area contributed by atoms with Crippen molar-refractivity contribution in [3.8, 4) is 0 Å². The molecule has 2 aromatic rings. The Labute approximate surface area is 146 Å². The molecule has 1 aliphatic rings. The Morgan fingerprint density at radius 2 is 1.92 bits per heavy atom. The van der Waals surface area contributed by atoms with E-state index in [0.717, 1.165) is 43.4 Å². The molecule has 1 aliphatic heterocycles. The van der Waals surface area contributed by atoms with Crippen molar-refractivity contribution in [1.82, 2.24) is 14.9 Å². The lowest BCUT2D eigenvalue weighted by atomic mass is 10.2. The third kappa shape index (κ3) is 4.21. The lowest BCUT2D eigenvalue weighted by Crippen LogP contribution is -2.49. The van der Waals surface area contributed by atoms with Gasteiger partial charge in [-0.2, -0.15) is 0 Å². The molecule has 1 fully saturated rings. The topological polar surface area (TPSA) is 61.4 Å². The minimum Gasteiger partial charge on any atom is -0.338 e. The highest BCUT2D eigenvalue weighted by atomic mass is 35.5. The van der Waals surface area contributed by atoms with E-state index in [0.29, 0.717) is 11.6 Å². The number of aromatic nitrogens is 2. The Morgan fingerprint density at radius 3 is 2.62 bits per heavy atom. The molecule has 0 bridgehead atoms. The van der Waals surface area contributed by atoms with Gasteiger partial charge in [0, 0.05) is 49.3 Å². The van der Waals surface area contributed by atoms with Gasteiger partial charge in [0.25, 0.3) is 0 Å². The lowest BCUT2D eigenvalue weighted by molar-refractivity contribution is -0.117. The summed E-state index contributed by atoms with van der Waals surface area (Å²) in [6, 6.07) is 7.30. The third-order valence-electron chi connectivity index (χ3n) is 4.05. The maximum atomic E-state index is 12.3. The number of carbonyl (C=O) groups is 1. The third-order valence-corrected chi connectivity index (χ3v) is 4.28. The fourth-order valence-electron chi connectivity index (χ4n) is 2.68. The maximum Gasteiger partial charge on any atom is 0.238 e. The Morgan fingerprint density at radius 1 is 1.21 bits per heavy atom. The number of hydrogen-bond acceptors (Lipinski definition) is 5. The number of piperazine rings is 1. The molecule has 1 amide bonds. The number of amides is 1. The van der Waals surface area contributed by atoms with Gasteiger partial charge in [0.15, 0.2) is 0 Å². The second-order valence-corrected chi connectivity index (χ2v) is 6.26. The molecule has 1 aromatic heterocycles. The Hall–Kier alpha value is -2.18. The van der Waals surface area contributed by atoms with Crippen LogP contribution < -0.4 is 10.2 Å². The summed E-state index contributed by atoms with van der Waals surface area (Å²) in [7, 11) is 0. The van der Waals surface area contributed by atoms with Gasteiger partial charge in [-0.25, -0.2) is 9.97 Å². The summed E-state index contributed by atoms with van der Waals surface area (Å²) >= 11 is 5.99. The molecule has 1 N–H and O–H groups in total. The van der Waals surface area contributed by atoms with Crippen molar-refractivity contribution in [1.29, 1.82) is 0 Å². The molecule has 7 heteroatoms. The van der Waals surface area contributed by atoms with Gasteiger partial charge in [-0.15, -0.1) is 0 Å². The summed E-state index contributed by atoms with van der Waals surface area (Å²) in [4.78, 5) is 25.1. The normalized spacial score (nSPS) is 15.3. The van der Waals surface area contributed by atoms with Crippen LogP contribution in [-0.2, 0) is 4.79 Å². The van der Waals surface area contributed by atoms with Gasteiger partial charge in [-0.1, -0.05) is 17.7 Å². The zero-order valence-corrected chi connectivity index (χ0v) is 14.3. The molecule has 1 aromatic carbocycles. The van der Waals surface area contributed by atoms with E-state index in [-0.39, 0.29) is 5.91 Å². The Balaban J connectivity index is 1.51. The zero-order valence-electron chi connectivity index (χ0n) is 13.6. The van der Waals surface area contributed by atoms with E-state index >= 15 is 0 Å². The van der Waals surface area contributed by atoms with Crippen LogP contribution in [0.5, 0.6) is 0 Å². The smallest absolute Gasteiger partial charge is 0.238 e. The van der Waals surface area contributed by atoms with Gasteiger partial charge in [0.2, 0.25) is 11.9 Å². The van der Waals surface area contributed by atoms with Crippen LogP contribution in [0.15, 0.2) is 36.7 Å². The second-order valence-electron chi connectivity index (χ2n) is 5.82. The first-order valence-corrected chi connectivity index (χ1v) is 8.30. The first-order valence-electron chi connectivity index (χ1n) is 7.92. The van der Waals surface area contributed by atoms with E-state index in [1.807, 2.05) is 25.1 Å². The molecule has 3 rings (SSSR count). The SMILES string of the molecule is Cc1ccc(Cl)cc1NC(=O)CN1CCN(c2ncccn2)CC1. The van der Waals surface area contributed by atoms with Crippen molar-refractivity contribution in [2.24, 2.45) is 0 Å². The van der Waals surface area contributed by atoms with Crippen molar-refractivity contribution in [3.63, 3.8) is 0 Å². The van der Waals surface area contributed by atoms with Crippen molar-refractivity contribution in [2.45, 2.75) is 6.92 Å². The Kier molecular flexibility index (Phi) is 5.27. The second kappa shape index (κ2) is 7.59. The molecule has 0 saturated carbocycles. The Bertz CT molecular complexity index is 701. The van der Waals surface area contributed by atoms with Crippen LogP contribution in [0.2, 0.25) is 5.02 Å². The molecule has 6 nitrogen and oxygen atoms in total. The minimum absolute atomic E-state index is 0.0234. The van der Waals surface area contributed by atoms with Crippen molar-refractivity contribution >= 4 is 29.1 Å². The van der Waals surface area contributed by atoms with Crippen LogP contribution in [0, 0.1) is 6.92 Å². The van der Waals surface area contributed by atoms with Gasteiger partial charge in [-0.05, 0) is 30.7 Å². The van der Waals surface area contributed by atoms with Gasteiger partial charge in [0.1, 0.15) is 0 Å². The number of hydrogen-bond donors (Lipinski definition) is 1. The van der Waals surface area contributed by atoms with Crippen LogP contribution in [-0.4, -0.2) is 53.5 Å². The predicted octanol–water partition coefficient (Wildman–Crippen LogP) is 2.20. The van der Waals surface area contributed by atoms with Crippen LogP contribution in [0.3, 0.4) is 0 Å². The molecule has 2 heterocycles. The average molecular weight is 346 g/mol. The molecular formula is C17H20ClN5O. The molecule has 24 heavy (non-hydrogen) atoms. The fourth-order valence-corrected chi connectivity index (χ4v) is 2.85. The van der Waals surface area contributed by atoms with Crippen molar-refractivity contribution in [2.75, 3.05) is 42.9 Å². The lowest BCUT2D eigenvalue weighted by Gasteiger charge is -2.34. The first kappa shape index (κ1) is 16.7. The van der Waals surface area contributed by atoms with E-state index in [1.54, 1.807) is 18.5 Å². The minimum atomic E-state index is -0.0234. The number of aryl methyl sites for hydroxylation is 1. The van der Waals surface area contributed by atoms with Crippen molar-refractivity contribution in [3.05, 3.63) is 47.2 Å². The molecule has 0 atom stereocenters. The number of rotatable bonds is 4. The highest BCUT2D eigenvalue weighted by molar-refractivity contribution is 6.31. The molecule has 1 saturated heterocycles. The first-order chi connectivity index (χ1) is 11.6. The zero-order chi connectivity index (χ0) is 16.9. The number of nitrogens with one attached hydrogen (secondary N) is 1. The van der Waals surface area contributed by atoms with Crippen LogP contribution >= 0.6 is 11.6 Å². The monoisotopic (exact) mass is 345 g/mol.